The van der Waals surface area contributed by atoms with Gasteiger partial charge in [0, 0.05) is 0 Å². The third-order valence-electron chi connectivity index (χ3n) is 2.94. The summed E-state index contributed by atoms with van der Waals surface area (Å²) in [5.41, 5.74) is 0.0762. The highest BCUT2D eigenvalue weighted by Crippen LogP contribution is 2.40. The molecule has 2 aromatic carbocycles. The van der Waals surface area contributed by atoms with Gasteiger partial charge in [-0.3, -0.25) is 14.9 Å². The number of hydrogen-bond donors (Lipinski definition) is 0. The van der Waals surface area contributed by atoms with Gasteiger partial charge in [0.15, 0.2) is 5.75 Å². The number of nitrogens with zero attached hydrogens (tertiary/aromatic N) is 1. The van der Waals surface area contributed by atoms with Gasteiger partial charge in [0.1, 0.15) is 12.2 Å². The van der Waals surface area contributed by atoms with Gasteiger partial charge in [-0.05, 0) is 29.3 Å². The molecule has 0 radical (unpaired) electrons. The number of methoxy groups -OCH3 is 1. The summed E-state index contributed by atoms with van der Waals surface area (Å²) in [6.07, 6.45) is 0. The van der Waals surface area contributed by atoms with Crippen LogP contribution >= 0.6 is 11.6 Å². The highest BCUT2D eigenvalue weighted by atomic mass is 35.5. The molecule has 0 saturated carbocycles. The van der Waals surface area contributed by atoms with Gasteiger partial charge < -0.3 is 9.47 Å². The summed E-state index contributed by atoms with van der Waals surface area (Å²) in [6.45, 7) is 0.0952. The molecule has 0 heterocycles. The Morgan fingerprint density at radius 1 is 1.23 bits per heavy atom. The van der Waals surface area contributed by atoms with Gasteiger partial charge in [0.25, 0.3) is 5.24 Å². The molecular weight excluding hydrogens is 310 g/mol. The van der Waals surface area contributed by atoms with Gasteiger partial charge in [0.2, 0.25) is 5.75 Å². The quantitative estimate of drug-likeness (QED) is 0.462. The lowest BCUT2D eigenvalue weighted by Crippen LogP contribution is -2.05. The van der Waals surface area contributed by atoms with Crippen LogP contribution in [0.3, 0.4) is 0 Å². The van der Waals surface area contributed by atoms with E-state index < -0.39 is 15.9 Å². The minimum atomic E-state index is -0.932. The van der Waals surface area contributed by atoms with E-state index in [1.54, 1.807) is 0 Å². The van der Waals surface area contributed by atoms with Gasteiger partial charge in [-0.15, -0.1) is 0 Å². The molecule has 0 N–H and O–H groups in total. The normalized spacial score (nSPS) is 10.1. The second-order valence-electron chi connectivity index (χ2n) is 4.30. The Labute approximate surface area is 131 Å². The number of halogens is 1. The van der Waals surface area contributed by atoms with Crippen LogP contribution in [0.15, 0.2) is 42.5 Å². The average molecular weight is 322 g/mol. The highest BCUT2D eigenvalue weighted by molar-refractivity contribution is 6.68. The number of nitro groups is 1. The van der Waals surface area contributed by atoms with Crippen molar-refractivity contribution in [1.82, 2.24) is 0 Å². The van der Waals surface area contributed by atoms with E-state index in [9.17, 15) is 14.9 Å². The van der Waals surface area contributed by atoms with Crippen molar-refractivity contribution in [3.63, 3.8) is 0 Å². The molecule has 0 spiro atoms. The first-order valence-electron chi connectivity index (χ1n) is 6.26. The lowest BCUT2D eigenvalue weighted by molar-refractivity contribution is -0.386. The van der Waals surface area contributed by atoms with Crippen LogP contribution in [-0.4, -0.2) is 17.3 Å². The SMILES string of the molecule is COc1ccc(C(=O)Cl)c([N+](=O)[O-])c1OCc1ccccc1. The first-order valence-corrected chi connectivity index (χ1v) is 6.64. The Bertz CT molecular complexity index is 703. The summed E-state index contributed by atoms with van der Waals surface area (Å²) in [4.78, 5) is 21.9. The molecule has 0 saturated heterocycles. The van der Waals surface area contributed by atoms with Crippen molar-refractivity contribution in [2.45, 2.75) is 6.61 Å². The molecule has 0 aliphatic rings. The van der Waals surface area contributed by atoms with Crippen molar-refractivity contribution >= 4 is 22.5 Å². The fourth-order valence-electron chi connectivity index (χ4n) is 1.92. The molecule has 0 aliphatic heterocycles. The molecule has 2 aromatic rings. The van der Waals surface area contributed by atoms with Crippen LogP contribution in [0.4, 0.5) is 5.69 Å². The summed E-state index contributed by atoms with van der Waals surface area (Å²) in [6, 6.07) is 11.8. The van der Waals surface area contributed by atoms with Crippen molar-refractivity contribution in [2.75, 3.05) is 7.11 Å². The molecular formula is C15H12ClNO5. The predicted octanol–water partition coefficient (Wildman–Crippen LogP) is 3.56. The standard InChI is InChI=1S/C15H12ClNO5/c1-21-12-8-7-11(15(16)18)13(17(19)20)14(12)22-9-10-5-3-2-4-6-10/h2-8H,9H2,1H3. The minimum Gasteiger partial charge on any atom is -0.493 e. The maximum atomic E-state index is 11.4. The summed E-state index contributed by atoms with van der Waals surface area (Å²) in [5.74, 6) is 0.0344. The Kier molecular flexibility index (Phi) is 4.95. The van der Waals surface area contributed by atoms with Crippen molar-refractivity contribution < 1.29 is 19.2 Å². The van der Waals surface area contributed by atoms with E-state index in [0.29, 0.717) is 0 Å². The van der Waals surface area contributed by atoms with Crippen LogP contribution in [0, 0.1) is 10.1 Å². The molecule has 0 atom stereocenters. The van der Waals surface area contributed by atoms with Crippen molar-refractivity contribution in [2.24, 2.45) is 0 Å². The maximum absolute atomic E-state index is 11.4. The first-order chi connectivity index (χ1) is 10.5. The fourth-order valence-corrected chi connectivity index (χ4v) is 2.07. The van der Waals surface area contributed by atoms with E-state index in [1.807, 2.05) is 30.3 Å². The molecule has 7 heteroatoms. The predicted molar refractivity (Wildman–Crippen MR) is 80.6 cm³/mol. The molecule has 0 bridgehead atoms. The Morgan fingerprint density at radius 2 is 1.91 bits per heavy atom. The van der Waals surface area contributed by atoms with E-state index in [1.165, 1.54) is 19.2 Å². The van der Waals surface area contributed by atoms with Crippen molar-refractivity contribution in [3.05, 3.63) is 63.7 Å². The molecule has 22 heavy (non-hydrogen) atoms. The molecule has 6 nitrogen and oxygen atoms in total. The highest BCUT2D eigenvalue weighted by Gasteiger charge is 2.28. The van der Waals surface area contributed by atoms with E-state index in [0.717, 1.165) is 5.56 Å². The van der Waals surface area contributed by atoms with Crippen molar-refractivity contribution in [3.8, 4) is 11.5 Å². The molecule has 0 unspecified atom stereocenters. The average Bonchev–Trinajstić information content (AvgIpc) is 2.52. The van der Waals surface area contributed by atoms with Gasteiger partial charge in [-0.2, -0.15) is 0 Å². The van der Waals surface area contributed by atoms with Crippen LogP contribution in [0.5, 0.6) is 11.5 Å². The number of hydrogen-bond acceptors (Lipinski definition) is 5. The van der Waals surface area contributed by atoms with Crippen LogP contribution in [-0.2, 0) is 6.61 Å². The van der Waals surface area contributed by atoms with Gasteiger partial charge in [-0.1, -0.05) is 30.3 Å². The zero-order valence-electron chi connectivity index (χ0n) is 11.6. The zero-order chi connectivity index (χ0) is 16.1. The molecule has 0 fully saturated rings. The first kappa shape index (κ1) is 15.8. The Hall–Kier alpha value is -2.60. The monoisotopic (exact) mass is 321 g/mol. The number of carbonyl (C=O) groups is 1. The van der Waals surface area contributed by atoms with E-state index in [4.69, 9.17) is 21.1 Å². The van der Waals surface area contributed by atoms with Gasteiger partial charge in [-0.25, -0.2) is 0 Å². The second kappa shape index (κ2) is 6.91. The van der Waals surface area contributed by atoms with Crippen LogP contribution in [0.1, 0.15) is 15.9 Å². The van der Waals surface area contributed by atoms with E-state index in [2.05, 4.69) is 0 Å². The van der Waals surface area contributed by atoms with Crippen LogP contribution in [0.25, 0.3) is 0 Å². The lowest BCUT2D eigenvalue weighted by atomic mass is 10.1. The molecule has 0 amide bonds. The third-order valence-corrected chi connectivity index (χ3v) is 3.14. The lowest BCUT2D eigenvalue weighted by Gasteiger charge is -2.12. The van der Waals surface area contributed by atoms with Gasteiger partial charge >= 0.3 is 5.69 Å². The number of nitro benzene ring substituents is 1. The number of carbonyl (C=O) groups excluding carboxylic acids is 1. The van der Waals surface area contributed by atoms with Crippen molar-refractivity contribution in [1.29, 1.82) is 0 Å². The maximum Gasteiger partial charge on any atom is 0.326 e. The molecule has 0 aliphatic carbocycles. The molecule has 0 aromatic heterocycles. The topological polar surface area (TPSA) is 78.7 Å². The summed E-state index contributed by atoms with van der Waals surface area (Å²) >= 11 is 5.40. The summed E-state index contributed by atoms with van der Waals surface area (Å²) < 4.78 is 10.6. The molecule has 114 valence electrons. The smallest absolute Gasteiger partial charge is 0.326 e. The minimum absolute atomic E-state index is 0.0952. The number of benzene rings is 2. The van der Waals surface area contributed by atoms with Crippen LogP contribution < -0.4 is 9.47 Å². The third kappa shape index (κ3) is 3.35. The Morgan fingerprint density at radius 3 is 2.45 bits per heavy atom. The fraction of sp³-hybridized carbons (Fsp3) is 0.133. The largest absolute Gasteiger partial charge is 0.493 e. The number of ether oxygens (including phenoxy) is 2. The van der Waals surface area contributed by atoms with Crippen LogP contribution in [0.2, 0.25) is 0 Å². The van der Waals surface area contributed by atoms with E-state index >= 15 is 0 Å². The molecule has 2 rings (SSSR count). The number of rotatable bonds is 6. The zero-order valence-corrected chi connectivity index (χ0v) is 12.4. The van der Waals surface area contributed by atoms with E-state index in [-0.39, 0.29) is 23.7 Å². The Balaban J connectivity index is 2.44. The summed E-state index contributed by atoms with van der Waals surface area (Å²) in [7, 11) is 1.36. The van der Waals surface area contributed by atoms with Gasteiger partial charge in [0.05, 0.1) is 12.0 Å². The second-order valence-corrected chi connectivity index (χ2v) is 4.64. The summed E-state index contributed by atoms with van der Waals surface area (Å²) in [5, 5.41) is 10.4.